The number of sulfonamides is 1. The van der Waals surface area contributed by atoms with Gasteiger partial charge in [-0.05, 0) is 59.3 Å². The van der Waals surface area contributed by atoms with Gasteiger partial charge in [-0.15, -0.1) is 0 Å². The van der Waals surface area contributed by atoms with Gasteiger partial charge in [0.1, 0.15) is 9.37 Å². The number of nitrogens with zero attached hydrogens (tertiary/aromatic N) is 3. The first-order chi connectivity index (χ1) is 12.8. The average molecular weight is 472 g/mol. The summed E-state index contributed by atoms with van der Waals surface area (Å²) in [7, 11) is -2.41. The summed E-state index contributed by atoms with van der Waals surface area (Å²) >= 11 is 9.63. The SMILES string of the molecule is COc1nc(-n2cc(S(N)(=O)=O)c3ccc(Cl)cc32)nc(CC2CC2)c1Br. The number of hydrogen-bond acceptors (Lipinski definition) is 5. The summed E-state index contributed by atoms with van der Waals surface area (Å²) in [4.78, 5) is 9.07. The quantitative estimate of drug-likeness (QED) is 0.614. The van der Waals surface area contributed by atoms with Gasteiger partial charge in [0.25, 0.3) is 0 Å². The molecule has 2 heterocycles. The van der Waals surface area contributed by atoms with Gasteiger partial charge < -0.3 is 4.74 Å². The van der Waals surface area contributed by atoms with Gasteiger partial charge in [0, 0.05) is 16.6 Å². The number of fused-ring (bicyclic) bond motifs is 1. The number of benzene rings is 1. The zero-order valence-corrected chi connectivity index (χ0v) is 17.5. The summed E-state index contributed by atoms with van der Waals surface area (Å²) < 4.78 is 31.7. The molecule has 0 spiro atoms. The molecule has 3 aromatic rings. The average Bonchev–Trinajstić information content (AvgIpc) is 3.33. The van der Waals surface area contributed by atoms with E-state index in [0.717, 1.165) is 12.1 Å². The Bertz CT molecular complexity index is 1160. The number of rotatable bonds is 5. The number of primary sulfonamides is 1. The molecule has 0 saturated heterocycles. The van der Waals surface area contributed by atoms with Crippen molar-refractivity contribution in [1.82, 2.24) is 14.5 Å². The molecule has 1 aromatic carbocycles. The Hall–Kier alpha value is -1.68. The van der Waals surface area contributed by atoms with Gasteiger partial charge in [-0.2, -0.15) is 4.98 Å². The smallest absolute Gasteiger partial charge is 0.240 e. The Morgan fingerprint density at radius 1 is 1.37 bits per heavy atom. The van der Waals surface area contributed by atoms with Crippen LogP contribution in [0.25, 0.3) is 16.9 Å². The molecule has 142 valence electrons. The molecule has 2 aromatic heterocycles. The first kappa shape index (κ1) is 18.7. The van der Waals surface area contributed by atoms with E-state index in [0.29, 0.717) is 38.1 Å². The van der Waals surface area contributed by atoms with E-state index in [1.165, 1.54) is 26.1 Å². The van der Waals surface area contributed by atoms with Crippen molar-refractivity contribution in [2.45, 2.75) is 24.2 Å². The van der Waals surface area contributed by atoms with E-state index >= 15 is 0 Å². The first-order valence-corrected chi connectivity index (χ1v) is 10.9. The van der Waals surface area contributed by atoms with Gasteiger partial charge in [-0.25, -0.2) is 18.5 Å². The second-order valence-corrected chi connectivity index (χ2v) is 9.27. The van der Waals surface area contributed by atoms with Crippen LogP contribution < -0.4 is 9.88 Å². The second-order valence-electron chi connectivity index (χ2n) is 6.51. The van der Waals surface area contributed by atoms with Crippen molar-refractivity contribution in [3.63, 3.8) is 0 Å². The fourth-order valence-corrected chi connectivity index (χ4v) is 4.39. The molecular formula is C17H16BrClN4O3S. The summed E-state index contributed by atoms with van der Waals surface area (Å²) in [6, 6.07) is 4.89. The largest absolute Gasteiger partial charge is 0.480 e. The molecule has 0 bridgehead atoms. The van der Waals surface area contributed by atoms with E-state index in [4.69, 9.17) is 21.5 Å². The van der Waals surface area contributed by atoms with Crippen LogP contribution in [0.4, 0.5) is 0 Å². The highest BCUT2D eigenvalue weighted by molar-refractivity contribution is 9.10. The van der Waals surface area contributed by atoms with Gasteiger partial charge in [-0.1, -0.05) is 11.6 Å². The van der Waals surface area contributed by atoms with Crippen LogP contribution in [0, 0.1) is 5.92 Å². The van der Waals surface area contributed by atoms with Crippen LogP contribution >= 0.6 is 27.5 Å². The van der Waals surface area contributed by atoms with Crippen LogP contribution in [-0.2, 0) is 16.4 Å². The number of methoxy groups -OCH3 is 1. The molecule has 0 radical (unpaired) electrons. The Morgan fingerprint density at radius 3 is 2.74 bits per heavy atom. The Labute approximate surface area is 169 Å². The van der Waals surface area contributed by atoms with Crippen molar-refractivity contribution < 1.29 is 13.2 Å². The molecule has 0 atom stereocenters. The van der Waals surface area contributed by atoms with Crippen molar-refractivity contribution in [1.29, 1.82) is 0 Å². The Balaban J connectivity index is 1.98. The maximum atomic E-state index is 12.0. The zero-order valence-electron chi connectivity index (χ0n) is 14.3. The van der Waals surface area contributed by atoms with Crippen LogP contribution in [0.15, 0.2) is 33.8 Å². The summed E-state index contributed by atoms with van der Waals surface area (Å²) in [6.45, 7) is 0. The maximum absolute atomic E-state index is 12.0. The number of halogens is 2. The highest BCUT2D eigenvalue weighted by atomic mass is 79.9. The number of aromatic nitrogens is 3. The zero-order chi connectivity index (χ0) is 19.3. The van der Waals surface area contributed by atoms with Crippen molar-refractivity contribution in [2.75, 3.05) is 7.11 Å². The van der Waals surface area contributed by atoms with E-state index < -0.39 is 10.0 Å². The van der Waals surface area contributed by atoms with Gasteiger partial charge >= 0.3 is 0 Å². The summed E-state index contributed by atoms with van der Waals surface area (Å²) in [5.74, 6) is 1.29. The lowest BCUT2D eigenvalue weighted by Crippen LogP contribution is -2.11. The van der Waals surface area contributed by atoms with Crippen LogP contribution in [0.3, 0.4) is 0 Å². The van der Waals surface area contributed by atoms with E-state index in [9.17, 15) is 8.42 Å². The van der Waals surface area contributed by atoms with E-state index in [-0.39, 0.29) is 4.90 Å². The van der Waals surface area contributed by atoms with Crippen molar-refractivity contribution in [2.24, 2.45) is 11.1 Å². The summed E-state index contributed by atoms with van der Waals surface area (Å²) in [6.07, 6.45) is 4.56. The monoisotopic (exact) mass is 470 g/mol. The minimum Gasteiger partial charge on any atom is -0.480 e. The molecule has 0 unspecified atom stereocenters. The minimum atomic E-state index is -3.93. The Morgan fingerprint density at radius 2 is 2.11 bits per heavy atom. The summed E-state index contributed by atoms with van der Waals surface area (Å²) in [5.41, 5.74) is 1.37. The summed E-state index contributed by atoms with van der Waals surface area (Å²) in [5, 5.41) is 6.31. The molecule has 10 heteroatoms. The molecule has 1 aliphatic rings. The maximum Gasteiger partial charge on any atom is 0.240 e. The van der Waals surface area contributed by atoms with E-state index in [1.54, 1.807) is 22.8 Å². The predicted octanol–water partition coefficient (Wildman–Crippen LogP) is 3.44. The number of nitrogens with two attached hydrogens (primary N) is 1. The highest BCUT2D eigenvalue weighted by Crippen LogP contribution is 2.37. The molecule has 1 aliphatic carbocycles. The molecule has 0 amide bonds. The van der Waals surface area contributed by atoms with Gasteiger partial charge in [0.2, 0.25) is 21.9 Å². The van der Waals surface area contributed by atoms with Crippen LogP contribution in [0.2, 0.25) is 5.02 Å². The molecule has 1 saturated carbocycles. The lowest BCUT2D eigenvalue weighted by molar-refractivity contribution is 0.392. The third kappa shape index (κ3) is 3.56. The first-order valence-electron chi connectivity index (χ1n) is 8.22. The molecule has 27 heavy (non-hydrogen) atoms. The fraction of sp³-hybridized carbons (Fsp3) is 0.294. The topological polar surface area (TPSA) is 100 Å². The van der Waals surface area contributed by atoms with Crippen LogP contribution in [0.5, 0.6) is 5.88 Å². The highest BCUT2D eigenvalue weighted by Gasteiger charge is 2.26. The van der Waals surface area contributed by atoms with Gasteiger partial charge in [0.15, 0.2) is 0 Å². The lowest BCUT2D eigenvalue weighted by atomic mass is 10.2. The molecule has 0 aliphatic heterocycles. The normalized spacial score (nSPS) is 14.7. The molecule has 1 fully saturated rings. The molecule has 2 N–H and O–H groups in total. The standard InChI is InChI=1S/C17H16BrClN4O3S/c1-26-16-15(18)12(6-9-2-3-9)21-17(22-16)23-8-14(27(20,24)25)11-5-4-10(19)7-13(11)23/h4-5,7-9H,2-3,6H2,1H3,(H2,20,24,25). The number of ether oxygens (including phenoxy) is 1. The van der Waals surface area contributed by atoms with Crippen molar-refractivity contribution in [3.05, 3.63) is 39.6 Å². The lowest BCUT2D eigenvalue weighted by Gasteiger charge is -2.11. The second kappa shape index (κ2) is 6.73. The van der Waals surface area contributed by atoms with Crippen LogP contribution in [0.1, 0.15) is 18.5 Å². The van der Waals surface area contributed by atoms with Gasteiger partial charge in [0.05, 0.1) is 18.3 Å². The third-order valence-electron chi connectivity index (χ3n) is 4.50. The fourth-order valence-electron chi connectivity index (χ4n) is 2.99. The molecule has 7 nitrogen and oxygen atoms in total. The molecule has 4 rings (SSSR count). The van der Waals surface area contributed by atoms with E-state index in [2.05, 4.69) is 25.9 Å². The number of hydrogen-bond donors (Lipinski definition) is 1. The minimum absolute atomic E-state index is 0.0107. The van der Waals surface area contributed by atoms with Crippen molar-refractivity contribution in [3.8, 4) is 11.8 Å². The third-order valence-corrected chi connectivity index (χ3v) is 6.47. The van der Waals surface area contributed by atoms with Gasteiger partial charge in [-0.3, -0.25) is 4.57 Å². The van der Waals surface area contributed by atoms with Crippen LogP contribution in [-0.4, -0.2) is 30.1 Å². The Kier molecular flexibility index (Phi) is 4.66. The van der Waals surface area contributed by atoms with E-state index in [1.807, 2.05) is 0 Å². The predicted molar refractivity (Wildman–Crippen MR) is 106 cm³/mol. The van der Waals surface area contributed by atoms with Crippen molar-refractivity contribution >= 4 is 48.5 Å². The molecular weight excluding hydrogens is 456 g/mol.